The maximum Gasteiger partial charge on any atom is 0.311 e. The number of ether oxygens (including phenoxy) is 2. The van der Waals surface area contributed by atoms with Crippen molar-refractivity contribution in [2.75, 3.05) is 6.61 Å². The van der Waals surface area contributed by atoms with Crippen LogP contribution in [0.3, 0.4) is 0 Å². The summed E-state index contributed by atoms with van der Waals surface area (Å²) in [6.07, 6.45) is 1.79. The lowest BCUT2D eigenvalue weighted by atomic mass is 10.1. The first kappa shape index (κ1) is 18.8. The summed E-state index contributed by atoms with van der Waals surface area (Å²) in [6.45, 7) is 4.56. The summed E-state index contributed by atoms with van der Waals surface area (Å²) in [7, 11) is 0. The standard InChI is InChI=1S/C16H20Cl2O4/c1-3-11(2)9-10-21-14(19)7-8-15(20)22-13-6-4-5-12(17)16(13)18/h4-6,11H,3,7-10H2,1-2H3. The summed E-state index contributed by atoms with van der Waals surface area (Å²) in [6, 6.07) is 4.76. The van der Waals surface area contributed by atoms with Gasteiger partial charge in [-0.2, -0.15) is 0 Å². The molecule has 0 saturated heterocycles. The number of hydrogen-bond donors (Lipinski definition) is 0. The molecular weight excluding hydrogens is 327 g/mol. The SMILES string of the molecule is CCC(C)CCOC(=O)CCC(=O)Oc1cccc(Cl)c1Cl. The van der Waals surface area contributed by atoms with Gasteiger partial charge in [0.2, 0.25) is 0 Å². The third kappa shape index (κ3) is 6.67. The number of rotatable bonds is 8. The first-order chi connectivity index (χ1) is 10.4. The molecular formula is C16H20Cl2O4. The summed E-state index contributed by atoms with van der Waals surface area (Å²) in [5, 5.41) is 0.477. The zero-order valence-corrected chi connectivity index (χ0v) is 14.2. The molecule has 1 atom stereocenters. The average Bonchev–Trinajstić information content (AvgIpc) is 2.49. The highest BCUT2D eigenvalue weighted by atomic mass is 35.5. The molecule has 0 spiro atoms. The lowest BCUT2D eigenvalue weighted by molar-refractivity contribution is -0.147. The predicted octanol–water partition coefficient (Wildman–Crippen LogP) is 4.66. The molecule has 0 bridgehead atoms. The summed E-state index contributed by atoms with van der Waals surface area (Å²) < 4.78 is 10.1. The van der Waals surface area contributed by atoms with Crippen molar-refractivity contribution in [1.29, 1.82) is 0 Å². The van der Waals surface area contributed by atoms with E-state index < -0.39 is 11.9 Å². The van der Waals surface area contributed by atoms with Crippen molar-refractivity contribution < 1.29 is 19.1 Å². The molecule has 0 aromatic heterocycles. The van der Waals surface area contributed by atoms with E-state index in [4.69, 9.17) is 32.7 Å². The van der Waals surface area contributed by atoms with Crippen LogP contribution in [0.1, 0.15) is 39.5 Å². The minimum Gasteiger partial charge on any atom is -0.466 e. The van der Waals surface area contributed by atoms with E-state index in [-0.39, 0.29) is 23.6 Å². The minimum absolute atomic E-state index is 0.0163. The average molecular weight is 347 g/mol. The molecule has 0 aliphatic carbocycles. The highest BCUT2D eigenvalue weighted by Gasteiger charge is 2.13. The first-order valence-electron chi connectivity index (χ1n) is 7.24. The molecule has 1 unspecified atom stereocenters. The molecule has 22 heavy (non-hydrogen) atoms. The van der Waals surface area contributed by atoms with Crippen LogP contribution in [0.2, 0.25) is 10.0 Å². The largest absolute Gasteiger partial charge is 0.466 e. The molecule has 0 radical (unpaired) electrons. The van der Waals surface area contributed by atoms with Crippen LogP contribution in [0.15, 0.2) is 18.2 Å². The van der Waals surface area contributed by atoms with E-state index in [0.717, 1.165) is 12.8 Å². The number of esters is 2. The molecule has 0 aliphatic rings. The molecule has 0 amide bonds. The Balaban J connectivity index is 2.31. The number of carbonyl (C=O) groups excluding carboxylic acids is 2. The van der Waals surface area contributed by atoms with E-state index in [1.807, 2.05) is 0 Å². The van der Waals surface area contributed by atoms with Gasteiger partial charge in [-0.15, -0.1) is 0 Å². The summed E-state index contributed by atoms with van der Waals surface area (Å²) in [5.74, 6) is -0.257. The summed E-state index contributed by atoms with van der Waals surface area (Å²) in [5.41, 5.74) is 0. The maximum absolute atomic E-state index is 11.7. The fourth-order valence-corrected chi connectivity index (χ4v) is 1.92. The van der Waals surface area contributed by atoms with E-state index in [1.54, 1.807) is 12.1 Å². The number of halogens is 2. The van der Waals surface area contributed by atoms with Gasteiger partial charge in [0.1, 0.15) is 5.02 Å². The Labute approximate surface area is 140 Å². The third-order valence-electron chi connectivity index (χ3n) is 3.24. The Morgan fingerprint density at radius 1 is 1.18 bits per heavy atom. The minimum atomic E-state index is -0.553. The van der Waals surface area contributed by atoms with Gasteiger partial charge in [-0.3, -0.25) is 9.59 Å². The Morgan fingerprint density at radius 2 is 1.86 bits per heavy atom. The first-order valence-corrected chi connectivity index (χ1v) is 8.00. The van der Waals surface area contributed by atoms with Gasteiger partial charge in [-0.25, -0.2) is 0 Å². The number of benzene rings is 1. The second-order valence-corrected chi connectivity index (χ2v) is 5.83. The number of carbonyl (C=O) groups is 2. The van der Waals surface area contributed by atoms with Gasteiger partial charge in [-0.05, 0) is 24.5 Å². The zero-order chi connectivity index (χ0) is 16.5. The highest BCUT2D eigenvalue weighted by molar-refractivity contribution is 6.43. The third-order valence-corrected chi connectivity index (χ3v) is 4.05. The number of hydrogen-bond acceptors (Lipinski definition) is 4. The van der Waals surface area contributed by atoms with Gasteiger partial charge in [0.25, 0.3) is 0 Å². The molecule has 0 heterocycles. The fraction of sp³-hybridized carbons (Fsp3) is 0.500. The van der Waals surface area contributed by atoms with Crippen molar-refractivity contribution in [2.24, 2.45) is 5.92 Å². The van der Waals surface area contributed by atoms with Crippen molar-refractivity contribution in [2.45, 2.75) is 39.5 Å². The van der Waals surface area contributed by atoms with Gasteiger partial charge in [0.15, 0.2) is 5.75 Å². The van der Waals surface area contributed by atoms with Crippen LogP contribution in [0, 0.1) is 5.92 Å². The van der Waals surface area contributed by atoms with Gasteiger partial charge in [0, 0.05) is 0 Å². The van der Waals surface area contributed by atoms with E-state index in [0.29, 0.717) is 17.5 Å². The Hall–Kier alpha value is -1.26. The maximum atomic E-state index is 11.7. The summed E-state index contributed by atoms with van der Waals surface area (Å²) >= 11 is 11.7. The summed E-state index contributed by atoms with van der Waals surface area (Å²) in [4.78, 5) is 23.2. The molecule has 6 heteroatoms. The molecule has 122 valence electrons. The van der Waals surface area contributed by atoms with Gasteiger partial charge >= 0.3 is 11.9 Å². The molecule has 1 rings (SSSR count). The second-order valence-electron chi connectivity index (χ2n) is 5.05. The van der Waals surface area contributed by atoms with E-state index in [2.05, 4.69) is 13.8 Å². The Bertz CT molecular complexity index is 517. The van der Waals surface area contributed by atoms with Crippen LogP contribution >= 0.6 is 23.2 Å². The molecule has 0 N–H and O–H groups in total. The van der Waals surface area contributed by atoms with E-state index in [9.17, 15) is 9.59 Å². The smallest absolute Gasteiger partial charge is 0.311 e. The normalized spacial score (nSPS) is 11.8. The van der Waals surface area contributed by atoms with Crippen molar-refractivity contribution in [3.8, 4) is 5.75 Å². The Kier molecular flexibility index (Phi) is 8.28. The lowest BCUT2D eigenvalue weighted by Crippen LogP contribution is -2.13. The molecule has 0 saturated carbocycles. The van der Waals surface area contributed by atoms with E-state index in [1.165, 1.54) is 6.07 Å². The topological polar surface area (TPSA) is 52.6 Å². The monoisotopic (exact) mass is 346 g/mol. The molecule has 1 aromatic carbocycles. The highest BCUT2D eigenvalue weighted by Crippen LogP contribution is 2.31. The predicted molar refractivity (Wildman–Crippen MR) is 86.4 cm³/mol. The van der Waals surface area contributed by atoms with Crippen molar-refractivity contribution in [3.05, 3.63) is 28.2 Å². The van der Waals surface area contributed by atoms with Gasteiger partial charge in [-0.1, -0.05) is 49.5 Å². The lowest BCUT2D eigenvalue weighted by Gasteiger charge is -2.09. The van der Waals surface area contributed by atoms with Crippen LogP contribution in [-0.4, -0.2) is 18.5 Å². The molecule has 0 aliphatic heterocycles. The second kappa shape index (κ2) is 9.70. The fourth-order valence-electron chi connectivity index (χ4n) is 1.59. The Morgan fingerprint density at radius 3 is 2.55 bits per heavy atom. The van der Waals surface area contributed by atoms with Crippen LogP contribution in [-0.2, 0) is 14.3 Å². The van der Waals surface area contributed by atoms with Crippen LogP contribution < -0.4 is 4.74 Å². The quantitative estimate of drug-likeness (QED) is 0.507. The zero-order valence-electron chi connectivity index (χ0n) is 12.7. The van der Waals surface area contributed by atoms with Crippen molar-refractivity contribution in [1.82, 2.24) is 0 Å². The van der Waals surface area contributed by atoms with E-state index >= 15 is 0 Å². The van der Waals surface area contributed by atoms with Crippen LogP contribution in [0.4, 0.5) is 0 Å². The van der Waals surface area contributed by atoms with Gasteiger partial charge < -0.3 is 9.47 Å². The van der Waals surface area contributed by atoms with Gasteiger partial charge in [0.05, 0.1) is 24.5 Å². The van der Waals surface area contributed by atoms with Crippen molar-refractivity contribution in [3.63, 3.8) is 0 Å². The van der Waals surface area contributed by atoms with Crippen LogP contribution in [0.25, 0.3) is 0 Å². The molecule has 1 aromatic rings. The molecule has 4 nitrogen and oxygen atoms in total. The molecule has 0 fully saturated rings. The van der Waals surface area contributed by atoms with Crippen LogP contribution in [0.5, 0.6) is 5.75 Å². The van der Waals surface area contributed by atoms with Crippen molar-refractivity contribution >= 4 is 35.1 Å².